The van der Waals surface area contributed by atoms with E-state index in [9.17, 15) is 4.79 Å². The smallest absolute Gasteiger partial charge is 0.239 e. The second kappa shape index (κ2) is 4.91. The zero-order valence-corrected chi connectivity index (χ0v) is 8.56. The van der Waals surface area contributed by atoms with Crippen LogP contribution in [0, 0.1) is 11.3 Å². The fourth-order valence-corrected chi connectivity index (χ4v) is 1.06. The first-order valence-corrected chi connectivity index (χ1v) is 4.32. The van der Waals surface area contributed by atoms with Crippen molar-refractivity contribution >= 4 is 11.7 Å². The molecule has 0 saturated carbocycles. The van der Waals surface area contributed by atoms with Crippen LogP contribution in [-0.4, -0.2) is 36.5 Å². The summed E-state index contributed by atoms with van der Waals surface area (Å²) in [5.74, 6) is 0.260. The Morgan fingerprint density at radius 1 is 1.60 bits per heavy atom. The average Bonchev–Trinajstić information content (AvgIpc) is 2.28. The molecule has 0 spiro atoms. The van der Waals surface area contributed by atoms with Gasteiger partial charge in [-0.2, -0.15) is 5.26 Å². The number of rotatable bonds is 3. The van der Waals surface area contributed by atoms with Gasteiger partial charge in [-0.3, -0.25) is 4.79 Å². The van der Waals surface area contributed by atoms with Gasteiger partial charge in [0.05, 0.1) is 6.54 Å². The van der Waals surface area contributed by atoms with Crippen LogP contribution < -0.4 is 10.2 Å². The van der Waals surface area contributed by atoms with Crippen LogP contribution in [0.5, 0.6) is 0 Å². The lowest BCUT2D eigenvalue weighted by Crippen LogP contribution is -2.33. The minimum absolute atomic E-state index is 0.143. The molecular formula is C9H11N5O. The summed E-state index contributed by atoms with van der Waals surface area (Å²) in [5.41, 5.74) is 0.212. The molecule has 0 aliphatic carbocycles. The first-order chi connectivity index (χ1) is 7.19. The number of nitriles is 1. The largest absolute Gasteiger partial charge is 0.358 e. The van der Waals surface area contributed by atoms with Crippen molar-refractivity contribution in [3.05, 3.63) is 18.1 Å². The molecule has 78 valence electrons. The molecular weight excluding hydrogens is 194 g/mol. The van der Waals surface area contributed by atoms with Gasteiger partial charge in [-0.25, -0.2) is 9.97 Å². The maximum atomic E-state index is 11.1. The van der Waals surface area contributed by atoms with E-state index in [1.807, 2.05) is 6.07 Å². The minimum atomic E-state index is -0.146. The topological polar surface area (TPSA) is 81.9 Å². The minimum Gasteiger partial charge on any atom is -0.358 e. The molecule has 0 saturated heterocycles. The Kier molecular flexibility index (Phi) is 3.57. The zero-order valence-electron chi connectivity index (χ0n) is 8.56. The van der Waals surface area contributed by atoms with Crippen molar-refractivity contribution in [2.75, 3.05) is 25.5 Å². The van der Waals surface area contributed by atoms with Crippen LogP contribution in [0.1, 0.15) is 5.69 Å². The van der Waals surface area contributed by atoms with Crippen LogP contribution in [0.2, 0.25) is 0 Å². The van der Waals surface area contributed by atoms with E-state index in [1.54, 1.807) is 19.0 Å². The van der Waals surface area contributed by atoms with Crippen molar-refractivity contribution in [2.24, 2.45) is 0 Å². The SMILES string of the molecule is CNC(=O)CN(C)c1nccnc1C#N. The number of nitrogens with one attached hydrogen (secondary N) is 1. The van der Waals surface area contributed by atoms with Gasteiger partial charge in [-0.15, -0.1) is 0 Å². The number of aromatic nitrogens is 2. The Morgan fingerprint density at radius 2 is 2.27 bits per heavy atom. The van der Waals surface area contributed by atoms with Crippen LogP contribution in [0.25, 0.3) is 0 Å². The number of anilines is 1. The molecule has 0 aliphatic heterocycles. The molecule has 6 nitrogen and oxygen atoms in total. The van der Waals surface area contributed by atoms with Crippen molar-refractivity contribution in [3.8, 4) is 6.07 Å². The van der Waals surface area contributed by atoms with E-state index in [1.165, 1.54) is 12.4 Å². The summed E-state index contributed by atoms with van der Waals surface area (Å²) in [5, 5.41) is 11.3. The van der Waals surface area contributed by atoms with E-state index >= 15 is 0 Å². The van der Waals surface area contributed by atoms with E-state index in [0.29, 0.717) is 5.82 Å². The Hall–Kier alpha value is -2.16. The molecule has 1 heterocycles. The van der Waals surface area contributed by atoms with Gasteiger partial charge in [-0.05, 0) is 0 Å². The monoisotopic (exact) mass is 205 g/mol. The third-order valence-corrected chi connectivity index (χ3v) is 1.81. The predicted molar refractivity (Wildman–Crippen MR) is 54.1 cm³/mol. The van der Waals surface area contributed by atoms with Crippen molar-refractivity contribution in [1.82, 2.24) is 15.3 Å². The van der Waals surface area contributed by atoms with E-state index in [4.69, 9.17) is 5.26 Å². The number of amides is 1. The first-order valence-electron chi connectivity index (χ1n) is 4.32. The second-order valence-electron chi connectivity index (χ2n) is 2.87. The molecule has 1 amide bonds. The molecule has 1 aromatic rings. The van der Waals surface area contributed by atoms with Gasteiger partial charge in [0.1, 0.15) is 6.07 Å². The van der Waals surface area contributed by atoms with Crippen LogP contribution in [0.4, 0.5) is 5.82 Å². The van der Waals surface area contributed by atoms with E-state index in [0.717, 1.165) is 0 Å². The Morgan fingerprint density at radius 3 is 2.87 bits per heavy atom. The molecule has 0 fully saturated rings. The fourth-order valence-electron chi connectivity index (χ4n) is 1.06. The lowest BCUT2D eigenvalue weighted by atomic mass is 10.4. The number of carbonyl (C=O) groups excluding carboxylic acids is 1. The molecule has 0 bridgehead atoms. The van der Waals surface area contributed by atoms with Crippen molar-refractivity contribution in [2.45, 2.75) is 0 Å². The third kappa shape index (κ3) is 2.64. The van der Waals surface area contributed by atoms with Gasteiger partial charge in [0, 0.05) is 26.5 Å². The summed E-state index contributed by atoms with van der Waals surface area (Å²) in [7, 11) is 3.23. The highest BCUT2D eigenvalue weighted by molar-refractivity contribution is 5.80. The maximum Gasteiger partial charge on any atom is 0.239 e. The summed E-state index contributed by atoms with van der Waals surface area (Å²) in [6, 6.07) is 1.92. The molecule has 15 heavy (non-hydrogen) atoms. The summed E-state index contributed by atoms with van der Waals surface area (Å²) >= 11 is 0. The molecule has 0 aromatic carbocycles. The molecule has 0 aliphatic rings. The highest BCUT2D eigenvalue weighted by atomic mass is 16.1. The van der Waals surface area contributed by atoms with Crippen LogP contribution in [0.15, 0.2) is 12.4 Å². The van der Waals surface area contributed by atoms with Crippen molar-refractivity contribution in [3.63, 3.8) is 0 Å². The number of carbonyl (C=O) groups is 1. The lowest BCUT2D eigenvalue weighted by Gasteiger charge is -2.16. The summed E-state index contributed by atoms with van der Waals surface area (Å²) in [4.78, 5) is 20.5. The Bertz CT molecular complexity index is 398. The van der Waals surface area contributed by atoms with E-state index in [-0.39, 0.29) is 18.1 Å². The first kappa shape index (κ1) is 10.9. The maximum absolute atomic E-state index is 11.1. The predicted octanol–water partition coefficient (Wildman–Crippen LogP) is -0.470. The molecule has 0 unspecified atom stereocenters. The standard InChI is InChI=1S/C9H11N5O/c1-11-8(15)6-14(2)9-7(5-10)12-3-4-13-9/h3-4H,6H2,1-2H3,(H,11,15). The summed E-state index contributed by atoms with van der Waals surface area (Å²) in [6.45, 7) is 0.143. The number of likely N-dealkylation sites (N-methyl/N-ethyl adjacent to an activating group) is 2. The van der Waals surface area contributed by atoms with Crippen LogP contribution in [-0.2, 0) is 4.79 Å². The highest BCUT2D eigenvalue weighted by Crippen LogP contribution is 2.10. The Labute approximate surface area is 87.6 Å². The zero-order chi connectivity index (χ0) is 11.3. The van der Waals surface area contributed by atoms with Gasteiger partial charge >= 0.3 is 0 Å². The highest BCUT2D eigenvalue weighted by Gasteiger charge is 2.11. The van der Waals surface area contributed by atoms with Gasteiger partial charge in [0.15, 0.2) is 11.5 Å². The summed E-state index contributed by atoms with van der Waals surface area (Å²) in [6.07, 6.45) is 2.92. The molecule has 0 atom stereocenters. The Balaban J connectivity index is 2.87. The average molecular weight is 205 g/mol. The number of nitrogens with zero attached hydrogens (tertiary/aromatic N) is 4. The molecule has 1 N–H and O–H groups in total. The van der Waals surface area contributed by atoms with Crippen LogP contribution >= 0.6 is 0 Å². The quantitative estimate of drug-likeness (QED) is 0.721. The van der Waals surface area contributed by atoms with Gasteiger partial charge in [0.25, 0.3) is 0 Å². The third-order valence-electron chi connectivity index (χ3n) is 1.81. The van der Waals surface area contributed by atoms with Crippen LogP contribution in [0.3, 0.4) is 0 Å². The fraction of sp³-hybridized carbons (Fsp3) is 0.333. The number of hydrogen-bond acceptors (Lipinski definition) is 5. The van der Waals surface area contributed by atoms with Gasteiger partial charge in [-0.1, -0.05) is 0 Å². The van der Waals surface area contributed by atoms with Gasteiger partial charge in [0.2, 0.25) is 5.91 Å². The number of hydrogen-bond donors (Lipinski definition) is 1. The molecule has 1 rings (SSSR count). The summed E-state index contributed by atoms with van der Waals surface area (Å²) < 4.78 is 0. The van der Waals surface area contributed by atoms with Crippen molar-refractivity contribution in [1.29, 1.82) is 5.26 Å². The van der Waals surface area contributed by atoms with E-state index < -0.39 is 0 Å². The molecule has 6 heteroatoms. The second-order valence-corrected chi connectivity index (χ2v) is 2.87. The van der Waals surface area contributed by atoms with Crippen molar-refractivity contribution < 1.29 is 4.79 Å². The molecule has 0 radical (unpaired) electrons. The lowest BCUT2D eigenvalue weighted by molar-refractivity contribution is -0.119. The van der Waals surface area contributed by atoms with E-state index in [2.05, 4.69) is 15.3 Å². The molecule has 1 aromatic heterocycles. The van der Waals surface area contributed by atoms with Gasteiger partial charge < -0.3 is 10.2 Å². The normalized spacial score (nSPS) is 9.13.